The topological polar surface area (TPSA) is 66.4 Å². The van der Waals surface area contributed by atoms with Crippen LogP contribution in [0.15, 0.2) is 24.5 Å². The van der Waals surface area contributed by atoms with Gasteiger partial charge in [-0.05, 0) is 37.8 Å². The quantitative estimate of drug-likeness (QED) is 0.377. The fourth-order valence-electron chi connectivity index (χ4n) is 3.77. The average Bonchev–Trinajstić information content (AvgIpc) is 2.82. The van der Waals surface area contributed by atoms with Crippen molar-refractivity contribution in [1.82, 2.24) is 19.8 Å². The Bertz CT molecular complexity index is 782. The van der Waals surface area contributed by atoms with Gasteiger partial charge < -0.3 is 9.80 Å². The van der Waals surface area contributed by atoms with Crippen LogP contribution < -0.4 is 0 Å². The van der Waals surface area contributed by atoms with Crippen LogP contribution >= 0.6 is 0 Å². The second-order valence-corrected chi connectivity index (χ2v) is 8.41. The third kappa shape index (κ3) is 6.75. The minimum Gasteiger partial charge on any atom is -0.339 e. The van der Waals surface area contributed by atoms with Crippen LogP contribution in [0.1, 0.15) is 99.8 Å². The Balaban J connectivity index is 2.42. The Morgan fingerprint density at radius 1 is 0.625 bits per heavy atom. The summed E-state index contributed by atoms with van der Waals surface area (Å²) >= 11 is 0. The number of nitrogens with zero attached hydrogens (tertiary/aromatic N) is 4. The number of rotatable bonds is 14. The highest BCUT2D eigenvalue weighted by molar-refractivity contribution is 6.11. The van der Waals surface area contributed by atoms with Crippen LogP contribution in [0.5, 0.6) is 0 Å². The van der Waals surface area contributed by atoms with E-state index in [9.17, 15) is 9.59 Å². The minimum absolute atomic E-state index is 0.0229. The van der Waals surface area contributed by atoms with Crippen molar-refractivity contribution >= 4 is 22.8 Å². The van der Waals surface area contributed by atoms with Gasteiger partial charge in [0.05, 0.1) is 11.1 Å². The van der Waals surface area contributed by atoms with E-state index < -0.39 is 0 Å². The molecule has 0 saturated heterocycles. The van der Waals surface area contributed by atoms with E-state index in [2.05, 4.69) is 37.7 Å². The summed E-state index contributed by atoms with van der Waals surface area (Å²) in [5, 5.41) is 0. The van der Waals surface area contributed by atoms with Gasteiger partial charge in [0.15, 0.2) is 0 Å². The molecule has 0 atom stereocenters. The number of hydrogen-bond acceptors (Lipinski definition) is 4. The fraction of sp³-hybridized carbons (Fsp3) is 0.615. The number of hydrogen-bond donors (Lipinski definition) is 0. The largest absolute Gasteiger partial charge is 0.339 e. The van der Waals surface area contributed by atoms with E-state index in [1.165, 1.54) is 0 Å². The predicted octanol–water partition coefficient (Wildman–Crippen LogP) is 5.71. The smallest absolute Gasteiger partial charge is 0.256 e. The van der Waals surface area contributed by atoms with Crippen molar-refractivity contribution in [3.05, 3.63) is 35.7 Å². The zero-order valence-electron chi connectivity index (χ0n) is 20.4. The molecule has 0 bridgehead atoms. The fourth-order valence-corrected chi connectivity index (χ4v) is 3.77. The summed E-state index contributed by atoms with van der Waals surface area (Å²) in [4.78, 5) is 39.7. The molecule has 1 aromatic carbocycles. The molecule has 32 heavy (non-hydrogen) atoms. The van der Waals surface area contributed by atoms with Crippen molar-refractivity contribution in [2.75, 3.05) is 26.2 Å². The molecule has 0 aliphatic carbocycles. The van der Waals surface area contributed by atoms with Gasteiger partial charge in [0.1, 0.15) is 11.0 Å². The lowest BCUT2D eigenvalue weighted by Crippen LogP contribution is -2.34. The van der Waals surface area contributed by atoms with E-state index in [0.717, 1.165) is 77.5 Å². The zero-order chi connectivity index (χ0) is 23.3. The number of benzene rings is 1. The van der Waals surface area contributed by atoms with Crippen molar-refractivity contribution in [1.29, 1.82) is 0 Å². The molecule has 2 aromatic rings. The third-order valence-electron chi connectivity index (χ3n) is 5.79. The van der Waals surface area contributed by atoms with Crippen LogP contribution in [0, 0.1) is 0 Å². The van der Waals surface area contributed by atoms with Gasteiger partial charge in [-0.1, -0.05) is 53.4 Å². The SMILES string of the molecule is CCCCN(CCCC)C(=O)c1ccc(C(=O)N(CCCC)CCCC)c2nccnc12. The molecule has 1 aromatic heterocycles. The van der Waals surface area contributed by atoms with Gasteiger partial charge in [-0.25, -0.2) is 0 Å². The Labute approximate surface area is 193 Å². The van der Waals surface area contributed by atoms with Crippen molar-refractivity contribution < 1.29 is 9.59 Å². The van der Waals surface area contributed by atoms with Crippen LogP contribution in [0.2, 0.25) is 0 Å². The molecule has 0 radical (unpaired) electrons. The maximum absolute atomic E-state index is 13.4. The highest BCUT2D eigenvalue weighted by Gasteiger charge is 2.24. The molecule has 6 heteroatoms. The summed E-state index contributed by atoms with van der Waals surface area (Å²) in [5.41, 5.74) is 2.11. The average molecular weight is 441 g/mol. The number of fused-ring (bicyclic) bond motifs is 1. The van der Waals surface area contributed by atoms with Gasteiger partial charge in [-0.2, -0.15) is 0 Å². The zero-order valence-corrected chi connectivity index (χ0v) is 20.4. The first-order valence-electron chi connectivity index (χ1n) is 12.4. The summed E-state index contributed by atoms with van der Waals surface area (Å²) in [6.45, 7) is 11.5. The predicted molar refractivity (Wildman–Crippen MR) is 131 cm³/mol. The van der Waals surface area contributed by atoms with Gasteiger partial charge >= 0.3 is 0 Å². The highest BCUT2D eigenvalue weighted by atomic mass is 16.2. The van der Waals surface area contributed by atoms with E-state index in [4.69, 9.17) is 0 Å². The van der Waals surface area contributed by atoms with Crippen LogP contribution in [-0.2, 0) is 0 Å². The lowest BCUT2D eigenvalue weighted by atomic mass is 10.0. The van der Waals surface area contributed by atoms with Crippen LogP contribution in [0.4, 0.5) is 0 Å². The summed E-state index contributed by atoms with van der Waals surface area (Å²) in [6.07, 6.45) is 11.2. The molecule has 0 unspecified atom stereocenters. The molecular weight excluding hydrogens is 400 g/mol. The van der Waals surface area contributed by atoms with E-state index >= 15 is 0 Å². The first-order chi connectivity index (χ1) is 15.6. The van der Waals surface area contributed by atoms with E-state index in [1.54, 1.807) is 24.5 Å². The summed E-state index contributed by atoms with van der Waals surface area (Å²) < 4.78 is 0. The lowest BCUT2D eigenvalue weighted by molar-refractivity contribution is 0.0741. The molecule has 0 spiro atoms. The number of carbonyl (C=O) groups excluding carboxylic acids is 2. The molecular formula is C26H40N4O2. The molecule has 0 aliphatic heterocycles. The van der Waals surface area contributed by atoms with Crippen LogP contribution in [0.25, 0.3) is 11.0 Å². The second-order valence-electron chi connectivity index (χ2n) is 8.41. The Kier molecular flexibility index (Phi) is 11.1. The Morgan fingerprint density at radius 3 is 1.22 bits per heavy atom. The summed E-state index contributed by atoms with van der Waals surface area (Å²) in [7, 11) is 0. The number of amides is 2. The molecule has 0 N–H and O–H groups in total. The second kappa shape index (κ2) is 13.8. The maximum atomic E-state index is 13.4. The van der Waals surface area contributed by atoms with Crippen molar-refractivity contribution in [2.24, 2.45) is 0 Å². The van der Waals surface area contributed by atoms with Gasteiger partial charge in [-0.15, -0.1) is 0 Å². The monoisotopic (exact) mass is 440 g/mol. The van der Waals surface area contributed by atoms with Gasteiger partial charge in [0, 0.05) is 38.6 Å². The molecule has 0 fully saturated rings. The van der Waals surface area contributed by atoms with Gasteiger partial charge in [0.2, 0.25) is 0 Å². The first kappa shape index (κ1) is 25.8. The Morgan fingerprint density at radius 2 is 0.938 bits per heavy atom. The van der Waals surface area contributed by atoms with E-state index in [-0.39, 0.29) is 11.8 Å². The highest BCUT2D eigenvalue weighted by Crippen LogP contribution is 2.23. The van der Waals surface area contributed by atoms with Gasteiger partial charge in [0.25, 0.3) is 11.8 Å². The normalized spacial score (nSPS) is 11.0. The molecule has 0 saturated carbocycles. The molecule has 2 amide bonds. The van der Waals surface area contributed by atoms with Crippen molar-refractivity contribution in [3.63, 3.8) is 0 Å². The van der Waals surface area contributed by atoms with Crippen molar-refractivity contribution in [2.45, 2.75) is 79.1 Å². The minimum atomic E-state index is -0.0229. The standard InChI is InChI=1S/C26H40N4O2/c1-5-9-17-29(18-10-6-2)25(31)21-13-14-22(24-23(21)27-15-16-28-24)26(32)30(19-11-7-3)20-12-8-4/h13-16H,5-12,17-20H2,1-4H3. The Hall–Kier alpha value is -2.50. The van der Waals surface area contributed by atoms with Crippen LogP contribution in [0.3, 0.4) is 0 Å². The lowest BCUT2D eigenvalue weighted by Gasteiger charge is -2.24. The molecule has 6 nitrogen and oxygen atoms in total. The molecule has 176 valence electrons. The first-order valence-corrected chi connectivity index (χ1v) is 12.4. The molecule has 1 heterocycles. The third-order valence-corrected chi connectivity index (χ3v) is 5.79. The van der Waals surface area contributed by atoms with Crippen LogP contribution in [-0.4, -0.2) is 57.8 Å². The van der Waals surface area contributed by atoms with E-state index in [0.29, 0.717) is 22.2 Å². The van der Waals surface area contributed by atoms with Gasteiger partial charge in [-0.3, -0.25) is 19.6 Å². The number of unbranched alkanes of at least 4 members (excludes halogenated alkanes) is 4. The number of carbonyl (C=O) groups is 2. The summed E-state index contributed by atoms with van der Waals surface area (Å²) in [5.74, 6) is -0.0459. The van der Waals surface area contributed by atoms with Crippen molar-refractivity contribution in [3.8, 4) is 0 Å². The molecule has 0 aliphatic rings. The number of aromatic nitrogens is 2. The van der Waals surface area contributed by atoms with E-state index in [1.807, 2.05) is 9.80 Å². The maximum Gasteiger partial charge on any atom is 0.256 e. The molecule has 2 rings (SSSR count). The summed E-state index contributed by atoms with van der Waals surface area (Å²) in [6, 6.07) is 3.55.